The molecule has 0 saturated carbocycles. The summed E-state index contributed by atoms with van der Waals surface area (Å²) in [6.45, 7) is 2.40. The second-order valence-corrected chi connectivity index (χ2v) is 8.90. The fourth-order valence-corrected chi connectivity index (χ4v) is 4.72. The van der Waals surface area contributed by atoms with Crippen molar-refractivity contribution in [3.63, 3.8) is 0 Å². The number of thiazole rings is 1. The summed E-state index contributed by atoms with van der Waals surface area (Å²) in [5.41, 5.74) is 5.45. The third kappa shape index (κ3) is 3.80. The van der Waals surface area contributed by atoms with E-state index in [0.29, 0.717) is 29.4 Å². The fourth-order valence-electron chi connectivity index (χ4n) is 3.91. The van der Waals surface area contributed by atoms with E-state index in [-0.39, 0.29) is 0 Å². The molecule has 34 heavy (non-hydrogen) atoms. The number of rotatable bonds is 6. The second kappa shape index (κ2) is 8.35. The summed E-state index contributed by atoms with van der Waals surface area (Å²) in [6, 6.07) is 19.9. The molecule has 0 amide bonds. The number of methoxy groups -OCH3 is 1. The van der Waals surface area contributed by atoms with Crippen LogP contribution in [-0.4, -0.2) is 21.5 Å². The molecular formula is C27H21N3O3S. The summed E-state index contributed by atoms with van der Waals surface area (Å²) in [6.07, 6.45) is 4.02. The molecule has 0 unspecified atom stereocenters. The quantitative estimate of drug-likeness (QED) is 0.271. The molecule has 7 heteroatoms. The van der Waals surface area contributed by atoms with Crippen molar-refractivity contribution in [3.8, 4) is 33.5 Å². The summed E-state index contributed by atoms with van der Waals surface area (Å²) >= 11 is 1.61. The number of fused-ring (bicyclic) bond motifs is 2. The van der Waals surface area contributed by atoms with Crippen LogP contribution >= 0.6 is 11.3 Å². The van der Waals surface area contributed by atoms with Crippen LogP contribution in [0.15, 0.2) is 82.9 Å². The molecule has 2 aromatic carbocycles. The molecule has 4 aromatic heterocycles. The Morgan fingerprint density at radius 1 is 1.00 bits per heavy atom. The van der Waals surface area contributed by atoms with Crippen LogP contribution in [-0.2, 0) is 6.61 Å². The molecular weight excluding hydrogens is 446 g/mol. The highest BCUT2D eigenvalue weighted by atomic mass is 32.1. The van der Waals surface area contributed by atoms with Gasteiger partial charge in [-0.15, -0.1) is 11.3 Å². The second-order valence-electron chi connectivity index (χ2n) is 8.04. The summed E-state index contributed by atoms with van der Waals surface area (Å²) < 4.78 is 19.8. The standard InChI is InChI=1S/C27H21N3O3S/c1-17-8-9-26-29-22(14-30(26)13-17)25-12-21-23(10-20(31-2)11-24(21)33-25)32-15-19-16-34-27(28-19)18-6-4-3-5-7-18/h3-14,16H,15H2,1-2H3. The van der Waals surface area contributed by atoms with Gasteiger partial charge in [0.2, 0.25) is 0 Å². The van der Waals surface area contributed by atoms with E-state index in [2.05, 4.69) is 19.1 Å². The van der Waals surface area contributed by atoms with Crippen molar-refractivity contribution in [3.05, 3.63) is 89.7 Å². The summed E-state index contributed by atoms with van der Waals surface area (Å²) in [5.74, 6) is 2.02. The minimum atomic E-state index is 0.347. The highest BCUT2D eigenvalue weighted by molar-refractivity contribution is 7.13. The Labute approximate surface area is 200 Å². The maximum absolute atomic E-state index is 6.20. The van der Waals surface area contributed by atoms with Gasteiger partial charge in [-0.05, 0) is 24.6 Å². The normalized spacial score (nSPS) is 11.4. The number of pyridine rings is 1. The highest BCUT2D eigenvalue weighted by Crippen LogP contribution is 2.37. The van der Waals surface area contributed by atoms with E-state index >= 15 is 0 Å². The first-order valence-electron chi connectivity index (χ1n) is 10.9. The van der Waals surface area contributed by atoms with E-state index in [1.807, 2.05) is 70.7 Å². The minimum absolute atomic E-state index is 0.347. The Bertz CT molecular complexity index is 1610. The van der Waals surface area contributed by atoms with Crippen LogP contribution in [0.3, 0.4) is 0 Å². The monoisotopic (exact) mass is 467 g/mol. The molecule has 0 fully saturated rings. The van der Waals surface area contributed by atoms with Crippen molar-refractivity contribution >= 4 is 28.0 Å². The van der Waals surface area contributed by atoms with Gasteiger partial charge in [0.25, 0.3) is 0 Å². The van der Waals surface area contributed by atoms with Crippen LogP contribution in [0.1, 0.15) is 11.3 Å². The zero-order valence-electron chi connectivity index (χ0n) is 18.7. The molecule has 0 N–H and O–H groups in total. The summed E-state index contributed by atoms with van der Waals surface area (Å²) in [7, 11) is 1.63. The molecule has 6 rings (SSSR count). The van der Waals surface area contributed by atoms with E-state index < -0.39 is 0 Å². The van der Waals surface area contributed by atoms with Crippen molar-refractivity contribution in [1.29, 1.82) is 0 Å². The van der Waals surface area contributed by atoms with Crippen LogP contribution in [0, 0.1) is 6.92 Å². The van der Waals surface area contributed by atoms with E-state index in [0.717, 1.165) is 33.0 Å². The average molecular weight is 468 g/mol. The number of furan rings is 1. The molecule has 0 aliphatic heterocycles. The van der Waals surface area contributed by atoms with Crippen molar-refractivity contribution in [2.24, 2.45) is 0 Å². The highest BCUT2D eigenvalue weighted by Gasteiger charge is 2.16. The Balaban J connectivity index is 1.32. The number of aryl methyl sites for hydroxylation is 1. The molecule has 0 aliphatic carbocycles. The predicted molar refractivity (Wildman–Crippen MR) is 134 cm³/mol. The molecule has 0 spiro atoms. The first kappa shape index (κ1) is 20.5. The van der Waals surface area contributed by atoms with Crippen molar-refractivity contribution in [2.45, 2.75) is 13.5 Å². The van der Waals surface area contributed by atoms with Crippen LogP contribution in [0.4, 0.5) is 0 Å². The van der Waals surface area contributed by atoms with Gasteiger partial charge in [-0.1, -0.05) is 36.4 Å². The molecule has 6 nitrogen and oxygen atoms in total. The molecule has 0 radical (unpaired) electrons. The van der Waals surface area contributed by atoms with Gasteiger partial charge in [0.05, 0.1) is 18.2 Å². The van der Waals surface area contributed by atoms with Crippen LogP contribution in [0.25, 0.3) is 38.6 Å². The van der Waals surface area contributed by atoms with Gasteiger partial charge < -0.3 is 18.3 Å². The van der Waals surface area contributed by atoms with Crippen LogP contribution in [0.2, 0.25) is 0 Å². The van der Waals surface area contributed by atoms with Crippen LogP contribution < -0.4 is 9.47 Å². The van der Waals surface area contributed by atoms with Gasteiger partial charge in [-0.3, -0.25) is 0 Å². The topological polar surface area (TPSA) is 61.8 Å². The maximum Gasteiger partial charge on any atom is 0.155 e. The number of nitrogens with zero attached hydrogens (tertiary/aromatic N) is 3. The number of benzene rings is 2. The van der Waals surface area contributed by atoms with Gasteiger partial charge in [-0.25, -0.2) is 9.97 Å². The number of aromatic nitrogens is 3. The number of hydrogen-bond donors (Lipinski definition) is 0. The van der Waals surface area contributed by atoms with E-state index in [1.165, 1.54) is 5.56 Å². The summed E-state index contributed by atoms with van der Waals surface area (Å²) in [4.78, 5) is 9.43. The zero-order chi connectivity index (χ0) is 23.1. The molecule has 0 saturated heterocycles. The smallest absolute Gasteiger partial charge is 0.155 e. The zero-order valence-corrected chi connectivity index (χ0v) is 19.5. The average Bonchev–Trinajstić information content (AvgIpc) is 3.60. The first-order chi connectivity index (χ1) is 16.7. The molecule has 4 heterocycles. The third-order valence-electron chi connectivity index (χ3n) is 5.61. The Kier molecular flexibility index (Phi) is 5.04. The Hall–Kier alpha value is -4.10. The van der Waals surface area contributed by atoms with Gasteiger partial charge in [0, 0.05) is 35.5 Å². The lowest BCUT2D eigenvalue weighted by Gasteiger charge is -2.07. The number of hydrogen-bond acceptors (Lipinski definition) is 6. The molecule has 0 atom stereocenters. The SMILES string of the molecule is COc1cc(OCc2csc(-c3ccccc3)n2)c2cc(-c3cn4cc(C)ccc4n3)oc2c1. The van der Waals surface area contributed by atoms with E-state index in [1.54, 1.807) is 18.4 Å². The van der Waals surface area contributed by atoms with Gasteiger partial charge in [-0.2, -0.15) is 0 Å². The van der Waals surface area contributed by atoms with Gasteiger partial charge in [0.15, 0.2) is 5.76 Å². The Morgan fingerprint density at radius 2 is 1.88 bits per heavy atom. The molecule has 0 bridgehead atoms. The number of ether oxygens (including phenoxy) is 2. The van der Waals surface area contributed by atoms with Gasteiger partial charge in [0.1, 0.15) is 40.0 Å². The lowest BCUT2D eigenvalue weighted by atomic mass is 10.2. The minimum Gasteiger partial charge on any atom is -0.496 e. The van der Waals surface area contributed by atoms with Gasteiger partial charge >= 0.3 is 0 Å². The molecule has 168 valence electrons. The predicted octanol–water partition coefficient (Wildman–Crippen LogP) is 6.77. The maximum atomic E-state index is 6.20. The number of imidazole rings is 1. The first-order valence-corrected chi connectivity index (χ1v) is 11.7. The lowest BCUT2D eigenvalue weighted by Crippen LogP contribution is -1.96. The Morgan fingerprint density at radius 3 is 2.74 bits per heavy atom. The van der Waals surface area contributed by atoms with Crippen molar-refractivity contribution in [2.75, 3.05) is 7.11 Å². The van der Waals surface area contributed by atoms with Crippen molar-refractivity contribution < 1.29 is 13.9 Å². The molecule has 6 aromatic rings. The molecule has 0 aliphatic rings. The largest absolute Gasteiger partial charge is 0.496 e. The fraction of sp³-hybridized carbons (Fsp3) is 0.111. The van der Waals surface area contributed by atoms with E-state index in [4.69, 9.17) is 23.9 Å². The van der Waals surface area contributed by atoms with Crippen molar-refractivity contribution in [1.82, 2.24) is 14.4 Å². The van der Waals surface area contributed by atoms with Crippen LogP contribution in [0.5, 0.6) is 11.5 Å². The third-order valence-corrected chi connectivity index (χ3v) is 6.55. The lowest BCUT2D eigenvalue weighted by molar-refractivity contribution is 0.303. The summed E-state index contributed by atoms with van der Waals surface area (Å²) in [5, 5.41) is 3.87. The van der Waals surface area contributed by atoms with E-state index in [9.17, 15) is 0 Å².